The van der Waals surface area contributed by atoms with Crippen LogP contribution in [0, 0.1) is 5.92 Å². The van der Waals surface area contributed by atoms with Crippen LogP contribution >= 0.6 is 0 Å². The van der Waals surface area contributed by atoms with E-state index < -0.39 is 54.4 Å². The Labute approximate surface area is 139 Å². The first-order valence-corrected chi connectivity index (χ1v) is 7.42. The van der Waals surface area contributed by atoms with E-state index in [1.165, 1.54) is 27.7 Å². The number of hydrogen-bond acceptors (Lipinski definition) is 9. The van der Waals surface area contributed by atoms with Gasteiger partial charge in [-0.1, -0.05) is 6.92 Å². The van der Waals surface area contributed by atoms with Crippen LogP contribution in [0.2, 0.25) is 0 Å². The maximum absolute atomic E-state index is 11.4. The molecule has 9 nitrogen and oxygen atoms in total. The number of esters is 4. The van der Waals surface area contributed by atoms with Gasteiger partial charge in [0.15, 0.2) is 6.10 Å². The molecule has 0 spiro atoms. The second-order valence-electron chi connectivity index (χ2n) is 5.46. The van der Waals surface area contributed by atoms with E-state index >= 15 is 0 Å². The molecule has 0 saturated carbocycles. The summed E-state index contributed by atoms with van der Waals surface area (Å²) >= 11 is 0. The van der Waals surface area contributed by atoms with Crippen LogP contribution in [0.15, 0.2) is 0 Å². The van der Waals surface area contributed by atoms with Gasteiger partial charge in [0.2, 0.25) is 6.29 Å². The Hall–Kier alpha value is -2.16. The summed E-state index contributed by atoms with van der Waals surface area (Å²) in [6.07, 6.45) is -3.93. The molecule has 1 saturated heterocycles. The van der Waals surface area contributed by atoms with Crippen LogP contribution in [0.3, 0.4) is 0 Å². The summed E-state index contributed by atoms with van der Waals surface area (Å²) in [5.41, 5.74) is 0. The van der Waals surface area contributed by atoms with E-state index in [4.69, 9.17) is 23.7 Å². The molecule has 1 aliphatic rings. The van der Waals surface area contributed by atoms with Crippen molar-refractivity contribution in [3.05, 3.63) is 0 Å². The zero-order valence-corrected chi connectivity index (χ0v) is 14.3. The Morgan fingerprint density at radius 3 is 1.75 bits per heavy atom. The van der Waals surface area contributed by atoms with Crippen LogP contribution in [0.5, 0.6) is 0 Å². The highest BCUT2D eigenvalue weighted by atomic mass is 16.7. The molecule has 0 aliphatic carbocycles. The highest BCUT2D eigenvalue weighted by molar-refractivity contribution is 5.68. The fraction of sp³-hybridized carbons (Fsp3) is 0.733. The molecule has 0 radical (unpaired) electrons. The van der Waals surface area contributed by atoms with Crippen molar-refractivity contribution < 1.29 is 42.9 Å². The fourth-order valence-electron chi connectivity index (χ4n) is 2.37. The first-order valence-electron chi connectivity index (χ1n) is 7.42. The lowest BCUT2D eigenvalue weighted by Crippen LogP contribution is -2.58. The van der Waals surface area contributed by atoms with Crippen LogP contribution in [-0.4, -0.2) is 55.1 Å². The molecule has 0 aromatic rings. The number of carbonyl (C=O) groups is 4. The lowest BCUT2D eigenvalue weighted by atomic mass is 9.92. The van der Waals surface area contributed by atoms with E-state index in [9.17, 15) is 19.2 Å². The van der Waals surface area contributed by atoms with Gasteiger partial charge in [0, 0.05) is 27.7 Å². The zero-order valence-electron chi connectivity index (χ0n) is 14.3. The van der Waals surface area contributed by atoms with Gasteiger partial charge in [-0.25, -0.2) is 0 Å². The average Bonchev–Trinajstić information content (AvgIpc) is 2.42. The topological polar surface area (TPSA) is 114 Å². The molecule has 0 unspecified atom stereocenters. The fourth-order valence-corrected chi connectivity index (χ4v) is 2.37. The molecule has 0 aromatic heterocycles. The molecule has 0 aromatic carbocycles. The summed E-state index contributed by atoms with van der Waals surface area (Å²) in [6, 6.07) is 0. The summed E-state index contributed by atoms with van der Waals surface area (Å²) in [4.78, 5) is 45.1. The van der Waals surface area contributed by atoms with E-state index in [0.717, 1.165) is 0 Å². The summed E-state index contributed by atoms with van der Waals surface area (Å²) in [6.45, 7) is 6.18. The molecule has 9 heteroatoms. The molecule has 1 heterocycles. The minimum absolute atomic E-state index is 0.254. The largest absolute Gasteiger partial charge is 0.463 e. The lowest BCUT2D eigenvalue weighted by molar-refractivity contribution is -0.281. The van der Waals surface area contributed by atoms with Crippen molar-refractivity contribution in [3.8, 4) is 0 Å². The predicted octanol–water partition coefficient (Wildman–Crippen LogP) is 0.337. The molecule has 1 rings (SSSR count). The van der Waals surface area contributed by atoms with Crippen LogP contribution < -0.4 is 0 Å². The third kappa shape index (κ3) is 5.80. The summed E-state index contributed by atoms with van der Waals surface area (Å²) < 4.78 is 26.0. The van der Waals surface area contributed by atoms with Gasteiger partial charge in [0.05, 0.1) is 5.92 Å². The molecule has 0 N–H and O–H groups in total. The van der Waals surface area contributed by atoms with E-state index in [2.05, 4.69) is 0 Å². The Kier molecular flexibility index (Phi) is 7.15. The molecule has 24 heavy (non-hydrogen) atoms. The molecule has 0 amide bonds. The second kappa shape index (κ2) is 8.62. The van der Waals surface area contributed by atoms with E-state index in [-0.39, 0.29) is 6.61 Å². The van der Waals surface area contributed by atoms with Gasteiger partial charge < -0.3 is 23.7 Å². The Morgan fingerprint density at radius 2 is 1.29 bits per heavy atom. The summed E-state index contributed by atoms with van der Waals surface area (Å²) in [5.74, 6) is -2.97. The third-order valence-corrected chi connectivity index (χ3v) is 3.28. The van der Waals surface area contributed by atoms with Crippen molar-refractivity contribution in [1.82, 2.24) is 0 Å². The Morgan fingerprint density at radius 1 is 0.792 bits per heavy atom. The number of carbonyl (C=O) groups excluding carboxylic acids is 4. The SMILES string of the molecule is CC(=O)OC[C@H]1O[C@@H](OC(C)=O)[C@@H](C)[C@@H](OC(C)=O)[C@@H]1OC(C)=O. The van der Waals surface area contributed by atoms with E-state index in [1.54, 1.807) is 6.92 Å². The number of hydrogen-bond donors (Lipinski definition) is 0. The first-order chi connectivity index (χ1) is 11.1. The Bertz CT molecular complexity index is 485. The molecule has 1 fully saturated rings. The normalized spacial score (nSPS) is 29.3. The van der Waals surface area contributed by atoms with Gasteiger partial charge in [-0.3, -0.25) is 19.2 Å². The second-order valence-corrected chi connectivity index (χ2v) is 5.46. The molecule has 1 aliphatic heterocycles. The van der Waals surface area contributed by atoms with Crippen LogP contribution in [0.25, 0.3) is 0 Å². The third-order valence-electron chi connectivity index (χ3n) is 3.28. The van der Waals surface area contributed by atoms with Gasteiger partial charge in [-0.05, 0) is 0 Å². The smallest absolute Gasteiger partial charge is 0.304 e. The lowest BCUT2D eigenvalue weighted by Gasteiger charge is -2.43. The highest BCUT2D eigenvalue weighted by Crippen LogP contribution is 2.31. The van der Waals surface area contributed by atoms with Crippen molar-refractivity contribution in [2.24, 2.45) is 5.92 Å². The molecule has 0 bridgehead atoms. The number of rotatable bonds is 5. The zero-order chi connectivity index (χ0) is 18.4. The predicted molar refractivity (Wildman–Crippen MR) is 77.3 cm³/mol. The van der Waals surface area contributed by atoms with Crippen molar-refractivity contribution >= 4 is 23.9 Å². The van der Waals surface area contributed by atoms with Gasteiger partial charge in [-0.15, -0.1) is 0 Å². The van der Waals surface area contributed by atoms with E-state index in [1.807, 2.05) is 0 Å². The standard InChI is InChI=1S/C15H22O9/c1-7-13(21-9(3)17)14(22-10(4)18)12(6-20-8(2)16)24-15(7)23-11(5)19/h7,12-15H,6H2,1-5H3/t7-,12+,13+,14+,15+/m0/s1. The van der Waals surface area contributed by atoms with Gasteiger partial charge >= 0.3 is 23.9 Å². The number of ether oxygens (including phenoxy) is 5. The van der Waals surface area contributed by atoms with Gasteiger partial charge in [0.25, 0.3) is 0 Å². The van der Waals surface area contributed by atoms with Crippen molar-refractivity contribution in [2.45, 2.75) is 59.2 Å². The maximum Gasteiger partial charge on any atom is 0.304 e. The van der Waals surface area contributed by atoms with Crippen molar-refractivity contribution in [2.75, 3.05) is 6.61 Å². The molecule has 136 valence electrons. The quantitative estimate of drug-likeness (QED) is 0.513. The minimum Gasteiger partial charge on any atom is -0.463 e. The highest BCUT2D eigenvalue weighted by Gasteiger charge is 2.49. The van der Waals surface area contributed by atoms with Crippen molar-refractivity contribution in [1.29, 1.82) is 0 Å². The molecular weight excluding hydrogens is 324 g/mol. The molecule has 5 atom stereocenters. The molecular formula is C15H22O9. The van der Waals surface area contributed by atoms with Crippen molar-refractivity contribution in [3.63, 3.8) is 0 Å². The Balaban J connectivity index is 3.08. The van der Waals surface area contributed by atoms with E-state index in [0.29, 0.717) is 0 Å². The van der Waals surface area contributed by atoms with Crippen LogP contribution in [-0.2, 0) is 42.9 Å². The van der Waals surface area contributed by atoms with Gasteiger partial charge in [0.1, 0.15) is 18.8 Å². The first kappa shape index (κ1) is 19.9. The summed E-state index contributed by atoms with van der Waals surface area (Å²) in [5, 5.41) is 0. The summed E-state index contributed by atoms with van der Waals surface area (Å²) in [7, 11) is 0. The maximum atomic E-state index is 11.4. The van der Waals surface area contributed by atoms with Crippen LogP contribution in [0.4, 0.5) is 0 Å². The average molecular weight is 346 g/mol. The monoisotopic (exact) mass is 346 g/mol. The van der Waals surface area contributed by atoms with Gasteiger partial charge in [-0.2, -0.15) is 0 Å². The van der Waals surface area contributed by atoms with Crippen LogP contribution in [0.1, 0.15) is 34.6 Å². The minimum atomic E-state index is -1.04.